The van der Waals surface area contributed by atoms with Crippen molar-refractivity contribution in [3.05, 3.63) is 24.4 Å². The molecule has 0 saturated carbocycles. The van der Waals surface area contributed by atoms with Crippen LogP contribution in [0.1, 0.15) is 6.42 Å². The second kappa shape index (κ2) is 4.91. The average molecular weight is 278 g/mol. The highest BCUT2D eigenvalue weighted by Gasteiger charge is 2.23. The number of hydrogen-bond acceptors (Lipinski definition) is 4. The highest BCUT2D eigenvalue weighted by Crippen LogP contribution is 2.26. The molecule has 2 rings (SSSR count). The Hall–Kier alpha value is -2.04. The Morgan fingerprint density at radius 2 is 2.21 bits per heavy atom. The summed E-state index contributed by atoms with van der Waals surface area (Å²) in [6.07, 6.45) is 1.60. The third-order valence-electron chi connectivity index (χ3n) is 2.89. The topological polar surface area (TPSA) is 103 Å². The Bertz CT molecular complexity index is 743. The van der Waals surface area contributed by atoms with Gasteiger partial charge in [-0.1, -0.05) is 0 Å². The molecule has 1 aromatic carbocycles. The minimum absolute atomic E-state index is 0.158. The molecule has 0 radical (unpaired) electrons. The number of nitriles is 1. The Morgan fingerprint density at radius 1 is 1.47 bits per heavy atom. The lowest BCUT2D eigenvalue weighted by atomic mass is 10.2. The molecule has 0 unspecified atom stereocenters. The van der Waals surface area contributed by atoms with E-state index in [0.717, 1.165) is 0 Å². The van der Waals surface area contributed by atoms with Crippen molar-refractivity contribution in [1.29, 1.82) is 5.26 Å². The molecule has 100 valence electrons. The van der Waals surface area contributed by atoms with Crippen molar-refractivity contribution < 1.29 is 8.42 Å². The molecule has 0 fully saturated rings. The van der Waals surface area contributed by atoms with E-state index in [0.29, 0.717) is 16.6 Å². The number of anilines is 1. The third-order valence-corrected chi connectivity index (χ3v) is 4.79. The van der Waals surface area contributed by atoms with Gasteiger partial charge < -0.3 is 10.7 Å². The molecule has 2 aromatic rings. The van der Waals surface area contributed by atoms with Crippen molar-refractivity contribution in [3.63, 3.8) is 0 Å². The molecule has 0 aliphatic heterocycles. The van der Waals surface area contributed by atoms with E-state index in [4.69, 9.17) is 11.0 Å². The molecule has 0 atom stereocenters. The maximum Gasteiger partial charge on any atom is 0.244 e. The highest BCUT2D eigenvalue weighted by molar-refractivity contribution is 7.89. The van der Waals surface area contributed by atoms with E-state index < -0.39 is 10.0 Å². The molecule has 0 bridgehead atoms. The molecule has 0 amide bonds. The molecular formula is C12H14N4O2S. The zero-order valence-corrected chi connectivity index (χ0v) is 11.2. The number of sulfonamides is 1. The fourth-order valence-corrected chi connectivity index (χ4v) is 3.16. The summed E-state index contributed by atoms with van der Waals surface area (Å²) in [7, 11) is -2.14. The third kappa shape index (κ3) is 2.41. The summed E-state index contributed by atoms with van der Waals surface area (Å²) >= 11 is 0. The number of aromatic nitrogens is 1. The molecule has 7 heteroatoms. The first-order valence-corrected chi connectivity index (χ1v) is 7.10. The number of nitrogens with zero attached hydrogens (tertiary/aromatic N) is 2. The molecule has 0 saturated heterocycles. The molecule has 6 nitrogen and oxygen atoms in total. The van der Waals surface area contributed by atoms with Gasteiger partial charge in [-0.05, 0) is 18.2 Å². The molecule has 1 heterocycles. The van der Waals surface area contributed by atoms with Crippen molar-refractivity contribution in [2.45, 2.75) is 11.3 Å². The monoisotopic (exact) mass is 278 g/mol. The number of nitrogens with two attached hydrogens (primary N) is 1. The van der Waals surface area contributed by atoms with Crippen molar-refractivity contribution >= 4 is 26.6 Å². The zero-order valence-electron chi connectivity index (χ0n) is 10.4. The van der Waals surface area contributed by atoms with Crippen molar-refractivity contribution in [2.24, 2.45) is 0 Å². The molecule has 19 heavy (non-hydrogen) atoms. The van der Waals surface area contributed by atoms with E-state index in [1.807, 2.05) is 6.07 Å². The van der Waals surface area contributed by atoms with Crippen LogP contribution in [0.5, 0.6) is 0 Å². The van der Waals surface area contributed by atoms with Crippen LogP contribution in [0.25, 0.3) is 10.9 Å². The normalized spacial score (nSPS) is 11.8. The van der Waals surface area contributed by atoms with Gasteiger partial charge in [0.15, 0.2) is 0 Å². The maximum atomic E-state index is 12.4. The standard InChI is InChI=1S/C12H14N4O2S/c1-16(6-2-5-13)19(17,18)12-8-15-11-7-9(14)3-4-10(11)12/h3-4,7-8,15H,2,6,14H2,1H3. The fraction of sp³-hybridized carbons (Fsp3) is 0.250. The molecule has 0 spiro atoms. The number of nitrogens with one attached hydrogen (secondary N) is 1. The Labute approximate surface area is 111 Å². The summed E-state index contributed by atoms with van der Waals surface area (Å²) in [6.45, 7) is 0.167. The summed E-state index contributed by atoms with van der Waals surface area (Å²) in [5.74, 6) is 0. The van der Waals surface area contributed by atoms with Crippen LogP contribution in [-0.2, 0) is 10.0 Å². The van der Waals surface area contributed by atoms with Gasteiger partial charge in [-0.25, -0.2) is 8.42 Å². The lowest BCUT2D eigenvalue weighted by Gasteiger charge is -2.14. The number of hydrogen-bond donors (Lipinski definition) is 2. The van der Waals surface area contributed by atoms with Crippen LogP contribution in [0.15, 0.2) is 29.3 Å². The van der Waals surface area contributed by atoms with Crippen molar-refractivity contribution in [1.82, 2.24) is 9.29 Å². The van der Waals surface area contributed by atoms with Gasteiger partial charge >= 0.3 is 0 Å². The predicted octanol–water partition coefficient (Wildman–Crippen LogP) is 1.28. The SMILES string of the molecule is CN(CCC#N)S(=O)(=O)c1c[nH]c2cc(N)ccc12. The molecule has 3 N–H and O–H groups in total. The van der Waals surface area contributed by atoms with Crippen LogP contribution < -0.4 is 5.73 Å². The van der Waals surface area contributed by atoms with Gasteiger partial charge in [-0.2, -0.15) is 9.57 Å². The van der Waals surface area contributed by atoms with E-state index in [2.05, 4.69) is 4.98 Å². The fourth-order valence-electron chi connectivity index (χ4n) is 1.83. The van der Waals surface area contributed by atoms with Gasteiger partial charge in [-0.3, -0.25) is 0 Å². The largest absolute Gasteiger partial charge is 0.399 e. The number of rotatable bonds is 4. The van der Waals surface area contributed by atoms with Gasteiger partial charge in [0, 0.05) is 42.8 Å². The number of nitrogen functional groups attached to an aromatic ring is 1. The van der Waals surface area contributed by atoms with E-state index in [1.165, 1.54) is 17.5 Å². The summed E-state index contributed by atoms with van der Waals surface area (Å²) in [5.41, 5.74) is 6.89. The predicted molar refractivity (Wildman–Crippen MR) is 72.8 cm³/mol. The van der Waals surface area contributed by atoms with E-state index in [-0.39, 0.29) is 17.9 Å². The van der Waals surface area contributed by atoms with E-state index >= 15 is 0 Å². The number of benzene rings is 1. The lowest BCUT2D eigenvalue weighted by molar-refractivity contribution is 0.477. The maximum absolute atomic E-state index is 12.4. The second-order valence-electron chi connectivity index (χ2n) is 4.19. The van der Waals surface area contributed by atoms with Gasteiger partial charge in [0.05, 0.1) is 6.07 Å². The Kier molecular flexibility index (Phi) is 3.46. The van der Waals surface area contributed by atoms with Gasteiger partial charge in [-0.15, -0.1) is 0 Å². The summed E-state index contributed by atoms with van der Waals surface area (Å²) in [5, 5.41) is 9.12. The number of fused-ring (bicyclic) bond motifs is 1. The van der Waals surface area contributed by atoms with Crippen LogP contribution in [0.3, 0.4) is 0 Å². The smallest absolute Gasteiger partial charge is 0.244 e. The van der Waals surface area contributed by atoms with Gasteiger partial charge in [0.25, 0.3) is 0 Å². The molecular weight excluding hydrogens is 264 g/mol. The van der Waals surface area contributed by atoms with Crippen LogP contribution in [-0.4, -0.2) is 31.3 Å². The van der Waals surface area contributed by atoms with Crippen LogP contribution in [0.2, 0.25) is 0 Å². The summed E-state index contributed by atoms with van der Waals surface area (Å²) in [6, 6.07) is 6.94. The van der Waals surface area contributed by atoms with Crippen LogP contribution >= 0.6 is 0 Å². The molecule has 1 aromatic heterocycles. The van der Waals surface area contributed by atoms with Crippen molar-refractivity contribution in [3.8, 4) is 6.07 Å². The summed E-state index contributed by atoms with van der Waals surface area (Å²) < 4.78 is 25.9. The minimum Gasteiger partial charge on any atom is -0.399 e. The average Bonchev–Trinajstić information content (AvgIpc) is 2.79. The summed E-state index contributed by atoms with van der Waals surface area (Å²) in [4.78, 5) is 3.09. The van der Waals surface area contributed by atoms with Crippen molar-refractivity contribution in [2.75, 3.05) is 19.3 Å². The van der Waals surface area contributed by atoms with Crippen LogP contribution in [0, 0.1) is 11.3 Å². The number of aromatic amines is 1. The lowest BCUT2D eigenvalue weighted by Crippen LogP contribution is -2.27. The zero-order chi connectivity index (χ0) is 14.0. The minimum atomic E-state index is -3.60. The van der Waals surface area contributed by atoms with Gasteiger partial charge in [0.2, 0.25) is 10.0 Å². The van der Waals surface area contributed by atoms with E-state index in [9.17, 15) is 8.42 Å². The van der Waals surface area contributed by atoms with Crippen LogP contribution in [0.4, 0.5) is 5.69 Å². The van der Waals surface area contributed by atoms with Gasteiger partial charge in [0.1, 0.15) is 4.90 Å². The molecule has 0 aliphatic rings. The van der Waals surface area contributed by atoms with E-state index in [1.54, 1.807) is 18.2 Å². The highest BCUT2D eigenvalue weighted by atomic mass is 32.2. The Morgan fingerprint density at radius 3 is 2.89 bits per heavy atom. The number of H-pyrrole nitrogens is 1. The Balaban J connectivity index is 2.47. The first kappa shape index (κ1) is 13.4. The quantitative estimate of drug-likeness (QED) is 0.822. The molecule has 0 aliphatic carbocycles. The second-order valence-corrected chi connectivity index (χ2v) is 6.21. The first-order chi connectivity index (χ1) is 8.96. The first-order valence-electron chi connectivity index (χ1n) is 5.66.